The van der Waals surface area contributed by atoms with E-state index in [0.29, 0.717) is 0 Å². The Morgan fingerprint density at radius 3 is 0.583 bits per heavy atom. The topological polar surface area (TPSA) is 126 Å². The van der Waals surface area contributed by atoms with Gasteiger partial charge in [0, 0.05) is 136 Å². The van der Waals surface area contributed by atoms with Crippen molar-refractivity contribution in [3.63, 3.8) is 0 Å². The average Bonchev–Trinajstić information content (AvgIpc) is 1.61. The third-order valence-corrected chi connectivity index (χ3v) is 18.5. The standard InChI is InChI=1S/C84H54N4O4S4/c1-53(89)93-69-37-21-61(22-38-69)9-5-57-13-29-65(30-14-57)81-73-45-47-75(85-73)82(66-31-15-58(16-32-66)6-10-62-23-39-70(40-24-62)94-54(2)90)77-49-51-79(87-77)84(68-35-19-60(20-36-68)8-12-64-27-43-72(44-28-64)96-56(4)92)80-52-50-78(88-80)83(76-48-46-74(81)86-76)67-33-17-59(18-34-67)7-11-63-25-41-71(42-26-63)95-55(3)91/h13-52,85,88H,1-4H3. The smallest absolute Gasteiger partial charge is 0.190 e. The number of aromatic nitrogens is 4. The number of aromatic amines is 2. The molecule has 2 aliphatic heterocycles. The number of thioether (sulfide) groups is 4. The molecule has 0 radical (unpaired) electrons. The molecule has 0 saturated carbocycles. The molecule has 96 heavy (non-hydrogen) atoms. The highest BCUT2D eigenvalue weighted by atomic mass is 32.2. The summed E-state index contributed by atoms with van der Waals surface area (Å²) >= 11 is 4.79. The van der Waals surface area contributed by atoms with E-state index in [-0.39, 0.29) is 20.5 Å². The van der Waals surface area contributed by atoms with Gasteiger partial charge in [-0.15, -0.1) is 0 Å². The lowest BCUT2D eigenvalue weighted by atomic mass is 10.0. The van der Waals surface area contributed by atoms with Crippen molar-refractivity contribution in [3.05, 3.63) is 286 Å². The quantitative estimate of drug-likeness (QED) is 0.112. The fraction of sp³-hybridized carbons (Fsp3) is 0.0476. The Bertz CT molecular complexity index is 4750. The summed E-state index contributed by atoms with van der Waals surface area (Å²) in [6.07, 6.45) is 8.31. The molecule has 3 aromatic heterocycles. The Kier molecular flexibility index (Phi) is 19.1. The molecule has 8 bridgehead atoms. The minimum Gasteiger partial charge on any atom is -0.354 e. The summed E-state index contributed by atoms with van der Waals surface area (Å²) in [6.45, 7) is 6.23. The normalized spacial score (nSPS) is 11.0. The maximum absolute atomic E-state index is 11.7. The summed E-state index contributed by atoms with van der Waals surface area (Å²) in [5.74, 6) is 26.6. The van der Waals surface area contributed by atoms with E-state index in [0.717, 1.165) is 153 Å². The van der Waals surface area contributed by atoms with Gasteiger partial charge in [-0.05, 0) is 216 Å². The van der Waals surface area contributed by atoms with E-state index in [2.05, 4.69) is 154 Å². The third-order valence-electron chi connectivity index (χ3n) is 15.3. The van der Waals surface area contributed by atoms with E-state index in [9.17, 15) is 19.2 Å². The number of carbonyl (C=O) groups is 4. The van der Waals surface area contributed by atoms with Crippen LogP contribution in [0.1, 0.15) is 95.0 Å². The fourth-order valence-corrected chi connectivity index (χ4v) is 13.4. The van der Waals surface area contributed by atoms with Crippen molar-refractivity contribution in [1.82, 2.24) is 19.9 Å². The number of hydrogen-bond acceptors (Lipinski definition) is 10. The van der Waals surface area contributed by atoms with E-state index in [1.807, 2.05) is 146 Å². The Balaban J connectivity index is 0.980. The highest BCUT2D eigenvalue weighted by Gasteiger charge is 2.20. The van der Waals surface area contributed by atoms with Crippen molar-refractivity contribution in [2.45, 2.75) is 47.3 Å². The van der Waals surface area contributed by atoms with Gasteiger partial charge >= 0.3 is 0 Å². The van der Waals surface area contributed by atoms with Crippen LogP contribution in [0.4, 0.5) is 0 Å². The van der Waals surface area contributed by atoms with Gasteiger partial charge in [-0.1, -0.05) is 143 Å². The second-order valence-corrected chi connectivity index (χ2v) is 27.3. The summed E-state index contributed by atoms with van der Waals surface area (Å²) < 4.78 is 0. The average molecular weight is 1310 g/mol. The molecule has 13 rings (SSSR count). The Hall–Kier alpha value is -11.3. The second kappa shape index (κ2) is 28.9. The molecule has 0 atom stereocenters. The molecule has 0 amide bonds. The Morgan fingerprint density at radius 2 is 0.417 bits per heavy atom. The Morgan fingerprint density at radius 1 is 0.250 bits per heavy atom. The summed E-state index contributed by atoms with van der Waals surface area (Å²) in [4.78, 5) is 69.4. The predicted molar refractivity (Wildman–Crippen MR) is 396 cm³/mol. The van der Waals surface area contributed by atoms with Gasteiger partial charge in [0.25, 0.3) is 0 Å². The van der Waals surface area contributed by atoms with E-state index < -0.39 is 0 Å². The molecule has 2 N–H and O–H groups in total. The van der Waals surface area contributed by atoms with Crippen molar-refractivity contribution in [1.29, 1.82) is 0 Å². The van der Waals surface area contributed by atoms with E-state index >= 15 is 0 Å². The lowest BCUT2D eigenvalue weighted by Gasteiger charge is -2.07. The zero-order chi connectivity index (χ0) is 66.1. The highest BCUT2D eigenvalue weighted by Crippen LogP contribution is 2.39. The first kappa shape index (κ1) is 63.4. The van der Waals surface area contributed by atoms with Gasteiger partial charge in [0.15, 0.2) is 20.5 Å². The largest absolute Gasteiger partial charge is 0.354 e. The van der Waals surface area contributed by atoms with Crippen molar-refractivity contribution >= 4 is 114 Å². The van der Waals surface area contributed by atoms with Crippen LogP contribution in [-0.2, 0) is 19.2 Å². The zero-order valence-electron chi connectivity index (χ0n) is 52.3. The number of carbonyl (C=O) groups excluding carboxylic acids is 4. The number of rotatable bonds is 8. The van der Waals surface area contributed by atoms with Gasteiger partial charge in [-0.2, -0.15) is 0 Å². The first-order valence-corrected chi connectivity index (χ1v) is 33.8. The first-order valence-electron chi connectivity index (χ1n) is 30.6. The van der Waals surface area contributed by atoms with Gasteiger partial charge < -0.3 is 9.97 Å². The maximum Gasteiger partial charge on any atom is 0.190 e. The number of benzene rings is 8. The molecule has 12 heteroatoms. The van der Waals surface area contributed by atoms with Crippen molar-refractivity contribution in [3.8, 4) is 91.9 Å². The molecule has 0 spiro atoms. The third kappa shape index (κ3) is 15.5. The monoisotopic (exact) mass is 1310 g/mol. The molecular formula is C84H54N4O4S4. The number of H-pyrrole nitrogens is 2. The van der Waals surface area contributed by atoms with E-state index in [1.165, 1.54) is 47.0 Å². The van der Waals surface area contributed by atoms with Crippen LogP contribution in [0.3, 0.4) is 0 Å². The molecule has 5 heterocycles. The number of fused-ring (bicyclic) bond motifs is 8. The number of hydrogen-bond donors (Lipinski definition) is 2. The van der Waals surface area contributed by atoms with Gasteiger partial charge in [-0.3, -0.25) is 19.2 Å². The van der Waals surface area contributed by atoms with E-state index in [1.54, 1.807) is 27.7 Å². The summed E-state index contributed by atoms with van der Waals surface area (Å²) in [6, 6.07) is 72.1. The van der Waals surface area contributed by atoms with Gasteiger partial charge in [0.05, 0.1) is 22.8 Å². The van der Waals surface area contributed by atoms with Crippen molar-refractivity contribution in [2.75, 3.05) is 0 Å². The SMILES string of the molecule is CC(=O)Sc1ccc(C#Cc2ccc(-c3c4nc(c(-c5ccc(C#Cc6ccc(SC(C)=O)cc6)cc5)c5ccc([nH]5)c(-c5ccc(C#Cc6ccc(SC(C)=O)cc6)cc5)c5nc(c(-c6ccc(C#Cc7ccc(SC(C)=O)cc7)cc6)c6ccc3[nH]6)C=C5)C=C4)cc2)cc1. The molecule has 458 valence electrons. The van der Waals surface area contributed by atoms with E-state index in [4.69, 9.17) is 9.97 Å². The fourth-order valence-electron chi connectivity index (χ4n) is 11.0. The molecule has 0 unspecified atom stereocenters. The highest BCUT2D eigenvalue weighted by molar-refractivity contribution is 8.14. The van der Waals surface area contributed by atoms with Crippen molar-refractivity contribution in [2.24, 2.45) is 0 Å². The molecule has 0 saturated heterocycles. The van der Waals surface area contributed by atoms with Crippen LogP contribution < -0.4 is 0 Å². The lowest BCUT2D eigenvalue weighted by Crippen LogP contribution is -1.90. The number of nitrogens with one attached hydrogen (secondary N) is 2. The summed E-state index contributed by atoms with van der Waals surface area (Å²) in [5, 5.41) is 0.124. The number of nitrogens with zero attached hydrogens (tertiary/aromatic N) is 2. The maximum atomic E-state index is 11.7. The van der Waals surface area contributed by atoms with Crippen LogP contribution in [-0.4, -0.2) is 40.4 Å². The van der Waals surface area contributed by atoms with Crippen LogP contribution >= 0.6 is 47.0 Å². The molecule has 0 aliphatic carbocycles. The minimum atomic E-state index is 0.0309. The predicted octanol–water partition coefficient (Wildman–Crippen LogP) is 19.5. The molecule has 8 nitrogen and oxygen atoms in total. The van der Waals surface area contributed by atoms with Crippen LogP contribution in [0.25, 0.3) is 90.9 Å². The van der Waals surface area contributed by atoms with Crippen molar-refractivity contribution < 1.29 is 19.2 Å². The zero-order valence-corrected chi connectivity index (χ0v) is 55.5. The molecule has 11 aromatic rings. The molecule has 0 fully saturated rings. The molecular weight excluding hydrogens is 1260 g/mol. The molecule has 8 aromatic carbocycles. The first-order chi connectivity index (χ1) is 46.7. The lowest BCUT2D eigenvalue weighted by molar-refractivity contribution is -0.109. The second-order valence-electron chi connectivity index (χ2n) is 22.3. The van der Waals surface area contributed by atoms with Gasteiger partial charge in [-0.25, -0.2) is 9.97 Å². The van der Waals surface area contributed by atoms with Crippen LogP contribution in [0, 0.1) is 47.4 Å². The van der Waals surface area contributed by atoms with Gasteiger partial charge in [0.1, 0.15) is 0 Å². The molecule has 2 aliphatic rings. The Labute approximate surface area is 573 Å². The van der Waals surface area contributed by atoms with Crippen LogP contribution in [0.2, 0.25) is 0 Å². The van der Waals surface area contributed by atoms with Gasteiger partial charge in [0.2, 0.25) is 0 Å². The summed E-state index contributed by atoms with van der Waals surface area (Å²) in [5.41, 5.74) is 20.2. The summed E-state index contributed by atoms with van der Waals surface area (Å²) in [7, 11) is 0. The van der Waals surface area contributed by atoms with Crippen LogP contribution in [0.15, 0.2) is 238 Å². The minimum absolute atomic E-state index is 0.0309. The van der Waals surface area contributed by atoms with Crippen LogP contribution in [0.5, 0.6) is 0 Å².